The number of esters is 3. The van der Waals surface area contributed by atoms with Gasteiger partial charge in [-0.15, -0.1) is 0 Å². The summed E-state index contributed by atoms with van der Waals surface area (Å²) in [6.45, 7) is 4.84. The van der Waals surface area contributed by atoms with E-state index in [0.29, 0.717) is 0 Å². The second kappa shape index (κ2) is 7.62. The Labute approximate surface area is 134 Å². The average Bonchev–Trinajstić information content (AvgIpc) is 2.49. The van der Waals surface area contributed by atoms with Gasteiger partial charge in [0.15, 0.2) is 6.61 Å². The Hall–Kier alpha value is -2.57. The molecule has 0 fully saturated rings. The molecule has 0 spiro atoms. The molecule has 23 heavy (non-hydrogen) atoms. The number of methoxy groups -OCH3 is 2. The highest BCUT2D eigenvalue weighted by atomic mass is 16.6. The lowest BCUT2D eigenvalue weighted by atomic mass is 10.1. The third-order valence-electron chi connectivity index (χ3n) is 2.53. The minimum atomic E-state index is -0.641. The second-order valence-electron chi connectivity index (χ2n) is 5.60. The van der Waals surface area contributed by atoms with Gasteiger partial charge in [-0.05, 0) is 39.0 Å². The maximum Gasteiger partial charge on any atom is 0.344 e. The summed E-state index contributed by atoms with van der Waals surface area (Å²) >= 11 is 0. The van der Waals surface area contributed by atoms with Crippen molar-refractivity contribution in [3.8, 4) is 5.75 Å². The number of rotatable bonds is 5. The van der Waals surface area contributed by atoms with E-state index < -0.39 is 23.5 Å². The minimum Gasteiger partial charge on any atom is -0.482 e. The van der Waals surface area contributed by atoms with Gasteiger partial charge in [0.1, 0.15) is 11.4 Å². The molecule has 7 heteroatoms. The van der Waals surface area contributed by atoms with Gasteiger partial charge in [0.2, 0.25) is 0 Å². The summed E-state index contributed by atoms with van der Waals surface area (Å²) in [6, 6.07) is 4.04. The van der Waals surface area contributed by atoms with E-state index in [1.165, 1.54) is 32.4 Å². The maximum atomic E-state index is 11.7. The molecular weight excluding hydrogens is 304 g/mol. The fourth-order valence-electron chi connectivity index (χ4n) is 1.67. The van der Waals surface area contributed by atoms with Crippen LogP contribution in [-0.2, 0) is 19.0 Å². The largest absolute Gasteiger partial charge is 0.482 e. The van der Waals surface area contributed by atoms with E-state index in [2.05, 4.69) is 9.47 Å². The zero-order valence-corrected chi connectivity index (χ0v) is 13.8. The molecule has 0 aliphatic heterocycles. The second-order valence-corrected chi connectivity index (χ2v) is 5.60. The summed E-state index contributed by atoms with van der Waals surface area (Å²) in [7, 11) is 2.43. The number of benzene rings is 1. The van der Waals surface area contributed by atoms with Crippen molar-refractivity contribution in [3.05, 3.63) is 29.3 Å². The molecule has 126 valence electrons. The Morgan fingerprint density at radius 2 is 1.39 bits per heavy atom. The van der Waals surface area contributed by atoms with Crippen LogP contribution in [-0.4, -0.2) is 44.3 Å². The van der Waals surface area contributed by atoms with Crippen LogP contribution >= 0.6 is 0 Å². The molecule has 7 nitrogen and oxygen atoms in total. The third kappa shape index (κ3) is 5.98. The lowest BCUT2D eigenvalue weighted by Gasteiger charge is -2.19. The Morgan fingerprint density at radius 3 is 1.78 bits per heavy atom. The van der Waals surface area contributed by atoms with E-state index in [9.17, 15) is 14.4 Å². The molecule has 0 amide bonds. The molecule has 0 atom stereocenters. The number of hydrogen-bond donors (Lipinski definition) is 0. The number of carbonyl (C=O) groups excluding carboxylic acids is 3. The molecule has 1 aromatic rings. The highest BCUT2D eigenvalue weighted by Crippen LogP contribution is 2.19. The summed E-state index contributed by atoms with van der Waals surface area (Å²) in [6.07, 6.45) is 0. The van der Waals surface area contributed by atoms with Gasteiger partial charge in [-0.1, -0.05) is 0 Å². The van der Waals surface area contributed by atoms with Crippen LogP contribution in [0.3, 0.4) is 0 Å². The van der Waals surface area contributed by atoms with Gasteiger partial charge in [0.05, 0.1) is 25.3 Å². The van der Waals surface area contributed by atoms with Gasteiger partial charge in [0, 0.05) is 0 Å². The van der Waals surface area contributed by atoms with Gasteiger partial charge in [0.25, 0.3) is 0 Å². The van der Waals surface area contributed by atoms with Gasteiger partial charge >= 0.3 is 17.9 Å². The normalized spacial score (nSPS) is 10.7. The zero-order chi connectivity index (χ0) is 17.6. The summed E-state index contributed by atoms with van der Waals surface area (Å²) < 4.78 is 19.6. The monoisotopic (exact) mass is 324 g/mol. The van der Waals surface area contributed by atoms with E-state index >= 15 is 0 Å². The molecule has 0 aromatic heterocycles. The van der Waals surface area contributed by atoms with Crippen molar-refractivity contribution in [2.75, 3.05) is 20.8 Å². The van der Waals surface area contributed by atoms with Crippen molar-refractivity contribution in [1.82, 2.24) is 0 Å². The van der Waals surface area contributed by atoms with Crippen LogP contribution in [0.4, 0.5) is 0 Å². The van der Waals surface area contributed by atoms with E-state index in [1.54, 1.807) is 20.8 Å². The maximum absolute atomic E-state index is 11.7. The highest BCUT2D eigenvalue weighted by Gasteiger charge is 2.18. The molecule has 0 bridgehead atoms. The van der Waals surface area contributed by atoms with E-state index in [0.717, 1.165) is 0 Å². The van der Waals surface area contributed by atoms with Gasteiger partial charge in [-0.3, -0.25) is 0 Å². The molecule has 0 heterocycles. The molecular formula is C16H20O7. The molecule has 0 radical (unpaired) electrons. The third-order valence-corrected chi connectivity index (χ3v) is 2.53. The molecule has 0 aliphatic carbocycles. The fraction of sp³-hybridized carbons (Fsp3) is 0.438. The quantitative estimate of drug-likeness (QED) is 0.604. The molecule has 0 N–H and O–H groups in total. The van der Waals surface area contributed by atoms with Crippen molar-refractivity contribution < 1.29 is 33.3 Å². The first kappa shape index (κ1) is 18.5. The van der Waals surface area contributed by atoms with E-state index in [-0.39, 0.29) is 23.5 Å². The van der Waals surface area contributed by atoms with Crippen LogP contribution in [0.25, 0.3) is 0 Å². The SMILES string of the molecule is COC(=O)c1cc(OCC(=O)OC(C)(C)C)cc(C(=O)OC)c1. The van der Waals surface area contributed by atoms with Crippen molar-refractivity contribution in [2.24, 2.45) is 0 Å². The van der Waals surface area contributed by atoms with Crippen LogP contribution in [0.1, 0.15) is 41.5 Å². The van der Waals surface area contributed by atoms with Crippen molar-refractivity contribution >= 4 is 17.9 Å². The predicted octanol–water partition coefficient (Wildman–Crippen LogP) is 1.98. The van der Waals surface area contributed by atoms with Crippen molar-refractivity contribution in [1.29, 1.82) is 0 Å². The fourth-order valence-corrected chi connectivity index (χ4v) is 1.67. The average molecular weight is 324 g/mol. The van der Waals surface area contributed by atoms with Crippen LogP contribution < -0.4 is 4.74 Å². The molecule has 0 aliphatic rings. The highest BCUT2D eigenvalue weighted by molar-refractivity contribution is 5.96. The molecule has 0 unspecified atom stereocenters. The summed E-state index contributed by atoms with van der Waals surface area (Å²) in [4.78, 5) is 34.9. The first-order chi connectivity index (χ1) is 10.7. The summed E-state index contributed by atoms with van der Waals surface area (Å²) in [5.41, 5.74) is -0.421. The number of ether oxygens (including phenoxy) is 4. The smallest absolute Gasteiger partial charge is 0.344 e. The van der Waals surface area contributed by atoms with Crippen LogP contribution in [0.5, 0.6) is 5.75 Å². The Balaban J connectivity index is 2.94. The predicted molar refractivity (Wildman–Crippen MR) is 80.5 cm³/mol. The van der Waals surface area contributed by atoms with Gasteiger partial charge < -0.3 is 18.9 Å². The van der Waals surface area contributed by atoms with Crippen molar-refractivity contribution in [2.45, 2.75) is 26.4 Å². The lowest BCUT2D eigenvalue weighted by molar-refractivity contribution is -0.157. The van der Waals surface area contributed by atoms with Gasteiger partial charge in [-0.25, -0.2) is 14.4 Å². The first-order valence-electron chi connectivity index (χ1n) is 6.82. The lowest BCUT2D eigenvalue weighted by Crippen LogP contribution is -2.27. The molecule has 1 aromatic carbocycles. The standard InChI is InChI=1S/C16H20O7/c1-16(2,3)23-13(17)9-22-12-7-10(14(18)20-4)6-11(8-12)15(19)21-5/h6-8H,9H2,1-5H3. The number of carbonyl (C=O) groups is 3. The number of hydrogen-bond acceptors (Lipinski definition) is 7. The van der Waals surface area contributed by atoms with Gasteiger partial charge in [-0.2, -0.15) is 0 Å². The summed E-state index contributed by atoms with van der Waals surface area (Å²) in [5, 5.41) is 0. The Kier molecular flexibility index (Phi) is 6.12. The van der Waals surface area contributed by atoms with Crippen LogP contribution in [0.15, 0.2) is 18.2 Å². The van der Waals surface area contributed by atoms with Crippen LogP contribution in [0.2, 0.25) is 0 Å². The molecule has 0 saturated carbocycles. The Bertz CT molecular complexity index is 565. The molecule has 1 rings (SSSR count). The minimum absolute atomic E-state index is 0.106. The van der Waals surface area contributed by atoms with Crippen LogP contribution in [0, 0.1) is 0 Å². The zero-order valence-electron chi connectivity index (χ0n) is 13.8. The van der Waals surface area contributed by atoms with Crippen molar-refractivity contribution in [3.63, 3.8) is 0 Å². The first-order valence-corrected chi connectivity index (χ1v) is 6.82. The summed E-state index contributed by atoms with van der Waals surface area (Å²) in [5.74, 6) is -1.70. The topological polar surface area (TPSA) is 88.1 Å². The van der Waals surface area contributed by atoms with E-state index in [4.69, 9.17) is 9.47 Å². The molecule has 0 saturated heterocycles. The van der Waals surface area contributed by atoms with E-state index in [1.807, 2.05) is 0 Å². The Morgan fingerprint density at radius 1 is 0.913 bits per heavy atom.